The maximum atomic E-state index is 13.5. The molecule has 1 unspecified atom stereocenters. The second kappa shape index (κ2) is 8.83. The summed E-state index contributed by atoms with van der Waals surface area (Å²) in [6.07, 6.45) is 0.781. The van der Waals surface area contributed by atoms with Crippen molar-refractivity contribution in [1.29, 1.82) is 0 Å². The summed E-state index contributed by atoms with van der Waals surface area (Å²) in [4.78, 5) is 39.3. The molecule has 8 heteroatoms. The quantitative estimate of drug-likeness (QED) is 0.654. The molecule has 1 atom stereocenters. The molecule has 0 fully saturated rings. The number of Topliss-reactive ketones (excluding diaryl/α,β-unsaturated/α-hetero) is 1. The largest absolute Gasteiger partial charge is 0.495 e. The lowest BCUT2D eigenvalue weighted by atomic mass is 10.1. The number of anilines is 2. The maximum Gasteiger partial charge on any atom is 0.303 e. The fourth-order valence-corrected chi connectivity index (χ4v) is 3.40. The van der Waals surface area contributed by atoms with Crippen LogP contribution in [0.3, 0.4) is 0 Å². The predicted molar refractivity (Wildman–Crippen MR) is 106 cm³/mol. The topological polar surface area (TPSA) is 80.2 Å². The van der Waals surface area contributed by atoms with Crippen LogP contribution in [0.25, 0.3) is 0 Å². The molecule has 1 heterocycles. The Labute approximate surface area is 168 Å². The molecule has 152 valence electrons. The summed E-state index contributed by atoms with van der Waals surface area (Å²) >= 11 is 0. The van der Waals surface area contributed by atoms with Crippen molar-refractivity contribution in [3.05, 3.63) is 53.8 Å². The molecule has 29 heavy (non-hydrogen) atoms. The second-order valence-corrected chi connectivity index (χ2v) is 6.81. The number of rotatable bonds is 8. The summed E-state index contributed by atoms with van der Waals surface area (Å²) in [6.45, 7) is 2.82. The van der Waals surface area contributed by atoms with Crippen molar-refractivity contribution < 1.29 is 28.4 Å². The highest BCUT2D eigenvalue weighted by atomic mass is 19.1. The van der Waals surface area contributed by atoms with Crippen LogP contribution in [0.4, 0.5) is 15.8 Å². The highest BCUT2D eigenvalue weighted by Crippen LogP contribution is 2.28. The average molecular weight is 400 g/mol. The summed E-state index contributed by atoms with van der Waals surface area (Å²) in [5, 5.41) is 2.82. The van der Waals surface area contributed by atoms with Crippen LogP contribution >= 0.6 is 0 Å². The number of para-hydroxylation sites is 2. The fourth-order valence-electron chi connectivity index (χ4n) is 3.40. The summed E-state index contributed by atoms with van der Waals surface area (Å²) in [6, 6.07) is 10.8. The zero-order valence-corrected chi connectivity index (χ0v) is 16.3. The van der Waals surface area contributed by atoms with Gasteiger partial charge in [0.25, 0.3) is 11.7 Å². The molecule has 7 nitrogen and oxygen atoms in total. The molecular weight excluding hydrogens is 377 g/mol. The number of carbonyl (C=O) groups is 3. The molecule has 0 aromatic heterocycles. The lowest BCUT2D eigenvalue weighted by Gasteiger charge is -2.24. The van der Waals surface area contributed by atoms with E-state index < -0.39 is 17.5 Å². The Morgan fingerprint density at radius 3 is 2.69 bits per heavy atom. The number of benzene rings is 2. The minimum Gasteiger partial charge on any atom is -0.495 e. The van der Waals surface area contributed by atoms with Gasteiger partial charge in [-0.1, -0.05) is 19.1 Å². The van der Waals surface area contributed by atoms with E-state index in [-0.39, 0.29) is 24.7 Å². The van der Waals surface area contributed by atoms with Crippen molar-refractivity contribution in [3.63, 3.8) is 0 Å². The molecule has 1 aliphatic rings. The minimum absolute atomic E-state index is 0.0596. The van der Waals surface area contributed by atoms with Gasteiger partial charge in [0.1, 0.15) is 11.6 Å². The van der Waals surface area contributed by atoms with Crippen molar-refractivity contribution in [2.24, 2.45) is 0 Å². The highest BCUT2D eigenvalue weighted by Gasteiger charge is 2.38. The zero-order chi connectivity index (χ0) is 21.0. The number of hydrogen-bond donors (Lipinski definition) is 2. The van der Waals surface area contributed by atoms with E-state index in [1.54, 1.807) is 24.3 Å². The van der Waals surface area contributed by atoms with Gasteiger partial charge in [0.05, 0.1) is 30.6 Å². The number of halogens is 1. The Morgan fingerprint density at radius 1 is 1.21 bits per heavy atom. The molecule has 2 amide bonds. The van der Waals surface area contributed by atoms with E-state index in [4.69, 9.17) is 4.74 Å². The molecule has 2 aromatic rings. The Balaban J connectivity index is 1.73. The normalized spacial score (nSPS) is 14.0. The highest BCUT2D eigenvalue weighted by molar-refractivity contribution is 6.52. The smallest absolute Gasteiger partial charge is 0.303 e. The Hall–Kier alpha value is -3.26. The summed E-state index contributed by atoms with van der Waals surface area (Å²) in [5.41, 5.74) is 0.994. The SMILES string of the molecule is CCC[NH+](CC(=O)Nc1ccccc1OC)CN1C(=O)C(=O)c2cc(F)ccc21. The number of quaternary nitrogens is 1. The third-order valence-corrected chi connectivity index (χ3v) is 4.71. The van der Waals surface area contributed by atoms with Gasteiger partial charge in [-0.3, -0.25) is 19.3 Å². The van der Waals surface area contributed by atoms with Gasteiger partial charge in [-0.2, -0.15) is 0 Å². The standard InChI is InChI=1S/C21H22FN3O4/c1-3-10-24(12-19(26)23-16-6-4-5-7-18(16)29-2)13-25-17-9-8-14(22)11-15(17)20(27)21(25)28/h4-9,11H,3,10,12-13H2,1-2H3,(H,23,26)/p+1. The summed E-state index contributed by atoms with van der Waals surface area (Å²) < 4.78 is 18.7. The number of ketones is 1. The molecule has 0 aliphatic carbocycles. The van der Waals surface area contributed by atoms with Crippen molar-refractivity contribution in [2.75, 3.05) is 37.1 Å². The van der Waals surface area contributed by atoms with E-state index in [2.05, 4.69) is 5.32 Å². The first-order chi connectivity index (χ1) is 13.9. The third-order valence-electron chi connectivity index (χ3n) is 4.71. The molecule has 0 radical (unpaired) electrons. The first kappa shape index (κ1) is 20.5. The van der Waals surface area contributed by atoms with Gasteiger partial charge in [-0.15, -0.1) is 0 Å². The minimum atomic E-state index is -0.728. The number of nitrogens with one attached hydrogen (secondary N) is 2. The van der Waals surface area contributed by atoms with Crippen LogP contribution in [0.15, 0.2) is 42.5 Å². The van der Waals surface area contributed by atoms with Crippen LogP contribution in [0.5, 0.6) is 5.75 Å². The van der Waals surface area contributed by atoms with E-state index in [0.717, 1.165) is 17.4 Å². The van der Waals surface area contributed by atoms with E-state index in [0.29, 0.717) is 23.7 Å². The van der Waals surface area contributed by atoms with Crippen molar-refractivity contribution >= 4 is 29.0 Å². The molecule has 0 spiro atoms. The number of methoxy groups -OCH3 is 1. The first-order valence-corrected chi connectivity index (χ1v) is 9.36. The first-order valence-electron chi connectivity index (χ1n) is 9.36. The number of nitrogens with zero attached hydrogens (tertiary/aromatic N) is 1. The maximum absolute atomic E-state index is 13.5. The second-order valence-electron chi connectivity index (χ2n) is 6.81. The van der Waals surface area contributed by atoms with E-state index in [1.165, 1.54) is 24.1 Å². The van der Waals surface area contributed by atoms with Crippen LogP contribution in [0.1, 0.15) is 23.7 Å². The van der Waals surface area contributed by atoms with Gasteiger partial charge in [0.15, 0.2) is 13.2 Å². The van der Waals surface area contributed by atoms with E-state index in [9.17, 15) is 18.8 Å². The predicted octanol–water partition coefficient (Wildman–Crippen LogP) is 1.25. The van der Waals surface area contributed by atoms with Gasteiger partial charge in [0, 0.05) is 0 Å². The Bertz CT molecular complexity index is 947. The summed E-state index contributed by atoms with van der Waals surface area (Å²) in [5.74, 6) is -1.69. The van der Waals surface area contributed by atoms with Gasteiger partial charge >= 0.3 is 5.91 Å². The molecule has 3 rings (SSSR count). The molecule has 2 N–H and O–H groups in total. The van der Waals surface area contributed by atoms with E-state index >= 15 is 0 Å². The number of amides is 2. The fraction of sp³-hybridized carbons (Fsp3) is 0.286. The van der Waals surface area contributed by atoms with Crippen LogP contribution in [0.2, 0.25) is 0 Å². The van der Waals surface area contributed by atoms with Crippen LogP contribution in [0, 0.1) is 5.82 Å². The van der Waals surface area contributed by atoms with E-state index in [1.807, 2.05) is 6.92 Å². The van der Waals surface area contributed by atoms with Crippen LogP contribution < -0.4 is 19.9 Å². The Morgan fingerprint density at radius 2 is 1.97 bits per heavy atom. The molecule has 2 aromatic carbocycles. The molecule has 1 aliphatic heterocycles. The third kappa shape index (κ3) is 4.43. The lowest BCUT2D eigenvalue weighted by Crippen LogP contribution is -3.14. The molecule has 0 bridgehead atoms. The van der Waals surface area contributed by atoms with Gasteiger partial charge in [-0.25, -0.2) is 4.39 Å². The van der Waals surface area contributed by atoms with Gasteiger partial charge in [0.2, 0.25) is 0 Å². The lowest BCUT2D eigenvalue weighted by molar-refractivity contribution is -0.890. The van der Waals surface area contributed by atoms with Crippen LogP contribution in [-0.2, 0) is 9.59 Å². The average Bonchev–Trinajstić information content (AvgIpc) is 2.93. The van der Waals surface area contributed by atoms with Crippen molar-refractivity contribution in [3.8, 4) is 5.75 Å². The van der Waals surface area contributed by atoms with Gasteiger partial charge < -0.3 is 15.0 Å². The Kier molecular flexibility index (Phi) is 6.23. The summed E-state index contributed by atoms with van der Waals surface area (Å²) in [7, 11) is 1.52. The molecular formula is C21H23FN3O4+. The van der Waals surface area contributed by atoms with Crippen LogP contribution in [-0.4, -0.2) is 44.5 Å². The number of carbonyl (C=O) groups excluding carboxylic acids is 3. The molecule has 0 saturated carbocycles. The van der Waals surface area contributed by atoms with Crippen molar-refractivity contribution in [1.82, 2.24) is 0 Å². The molecule has 0 saturated heterocycles. The van der Waals surface area contributed by atoms with Crippen molar-refractivity contribution in [2.45, 2.75) is 13.3 Å². The zero-order valence-electron chi connectivity index (χ0n) is 16.3. The number of fused-ring (bicyclic) bond motifs is 1. The number of ether oxygens (including phenoxy) is 1. The van der Waals surface area contributed by atoms with Gasteiger partial charge in [-0.05, 0) is 36.8 Å². The number of hydrogen-bond acceptors (Lipinski definition) is 4. The monoisotopic (exact) mass is 400 g/mol.